The van der Waals surface area contributed by atoms with Gasteiger partial charge in [-0.3, -0.25) is 9.69 Å². The van der Waals surface area contributed by atoms with Crippen LogP contribution in [0.5, 0.6) is 0 Å². The van der Waals surface area contributed by atoms with E-state index in [1.165, 1.54) is 28.0 Å². The van der Waals surface area contributed by atoms with E-state index in [1.807, 2.05) is 24.4 Å². The number of carboxylic acid groups (broad SMARTS) is 1. The van der Waals surface area contributed by atoms with Crippen LogP contribution in [-0.4, -0.2) is 32.2 Å². The van der Waals surface area contributed by atoms with Gasteiger partial charge < -0.3 is 5.11 Å². The molecule has 0 aromatic carbocycles. The zero-order valence-corrected chi connectivity index (χ0v) is 13.9. The van der Waals surface area contributed by atoms with Crippen LogP contribution < -0.4 is 0 Å². The van der Waals surface area contributed by atoms with E-state index in [2.05, 4.69) is 0 Å². The highest BCUT2D eigenvalue weighted by Gasteiger charge is 2.40. The molecule has 4 nitrogen and oxygen atoms in total. The zero-order chi connectivity index (χ0) is 15.4. The molecule has 0 saturated carbocycles. The van der Waals surface area contributed by atoms with Gasteiger partial charge in [-0.05, 0) is 23.9 Å². The smallest absolute Gasteiger partial charge is 0.326 e. The maximum absolute atomic E-state index is 12.4. The van der Waals surface area contributed by atoms with E-state index in [-0.39, 0.29) is 5.91 Å². The second-order valence-corrected chi connectivity index (χ2v) is 7.22. The monoisotopic (exact) mass is 341 g/mol. The molecule has 2 heterocycles. The summed E-state index contributed by atoms with van der Waals surface area (Å²) in [6.07, 6.45) is 3.81. The zero-order valence-electron chi connectivity index (χ0n) is 11.4. The van der Waals surface area contributed by atoms with Gasteiger partial charge in [0.25, 0.3) is 5.91 Å². The summed E-state index contributed by atoms with van der Waals surface area (Å²) in [5, 5.41) is 11.3. The highest BCUT2D eigenvalue weighted by Crippen LogP contribution is 2.35. The van der Waals surface area contributed by atoms with Gasteiger partial charge in [0.1, 0.15) is 10.4 Å². The van der Waals surface area contributed by atoms with Crippen molar-refractivity contribution in [3.05, 3.63) is 27.3 Å². The standard InChI is InChI=1S/C14H15NO3S3/c1-2-3-6-10(13(17)18)15-12(16)11(21-14(15)19)8-9-5-4-7-20-9/h4-5,7-8,10H,2-3,6H2,1H3,(H,17,18)/t10-/m1/s1. The fourth-order valence-electron chi connectivity index (χ4n) is 2.01. The van der Waals surface area contributed by atoms with Gasteiger partial charge in [-0.15, -0.1) is 11.3 Å². The molecule has 0 spiro atoms. The predicted octanol–water partition coefficient (Wildman–Crippen LogP) is 3.59. The Hall–Kier alpha value is -1.18. The third kappa shape index (κ3) is 3.72. The first kappa shape index (κ1) is 16.2. The fraction of sp³-hybridized carbons (Fsp3) is 0.357. The van der Waals surface area contributed by atoms with Crippen LogP contribution in [0.25, 0.3) is 6.08 Å². The molecule has 1 aliphatic heterocycles. The Balaban J connectivity index is 2.22. The number of nitrogens with zero attached hydrogens (tertiary/aromatic N) is 1. The van der Waals surface area contributed by atoms with Crippen LogP contribution in [0.4, 0.5) is 0 Å². The van der Waals surface area contributed by atoms with E-state index >= 15 is 0 Å². The number of amides is 1. The van der Waals surface area contributed by atoms with Crippen molar-refractivity contribution in [2.24, 2.45) is 0 Å². The van der Waals surface area contributed by atoms with Crippen LogP contribution in [0.15, 0.2) is 22.4 Å². The predicted molar refractivity (Wildman–Crippen MR) is 90.3 cm³/mol. The molecule has 0 aliphatic carbocycles. The van der Waals surface area contributed by atoms with E-state index < -0.39 is 12.0 Å². The lowest BCUT2D eigenvalue weighted by atomic mass is 10.1. The second kappa shape index (κ2) is 7.20. The SMILES string of the molecule is CCCC[C@H](C(=O)O)N1C(=O)C(=Cc2cccs2)SC1=S. The third-order valence-corrected chi connectivity index (χ3v) is 5.22. The van der Waals surface area contributed by atoms with Crippen molar-refractivity contribution in [2.45, 2.75) is 32.2 Å². The minimum absolute atomic E-state index is 0.304. The van der Waals surface area contributed by atoms with E-state index in [0.29, 0.717) is 15.6 Å². The Labute approximate surface area is 136 Å². The number of thiocarbonyl (C=S) groups is 1. The van der Waals surface area contributed by atoms with Crippen LogP contribution in [0.3, 0.4) is 0 Å². The van der Waals surface area contributed by atoms with E-state index in [0.717, 1.165) is 17.7 Å². The van der Waals surface area contributed by atoms with Crippen molar-refractivity contribution < 1.29 is 14.7 Å². The molecule has 1 aromatic rings. The van der Waals surface area contributed by atoms with Crippen LogP contribution in [0.1, 0.15) is 31.1 Å². The van der Waals surface area contributed by atoms with Crippen LogP contribution >= 0.6 is 35.3 Å². The average molecular weight is 341 g/mol. The topological polar surface area (TPSA) is 57.6 Å². The molecule has 7 heteroatoms. The van der Waals surface area contributed by atoms with Crippen LogP contribution in [0.2, 0.25) is 0 Å². The van der Waals surface area contributed by atoms with Crippen molar-refractivity contribution >= 4 is 57.6 Å². The molecule has 1 atom stereocenters. The molecule has 0 radical (unpaired) electrons. The Morgan fingerprint density at radius 1 is 1.57 bits per heavy atom. The summed E-state index contributed by atoms with van der Waals surface area (Å²) >= 11 is 7.90. The Morgan fingerprint density at radius 2 is 2.33 bits per heavy atom. The quantitative estimate of drug-likeness (QED) is 0.633. The summed E-state index contributed by atoms with van der Waals surface area (Å²) in [7, 11) is 0. The molecule has 1 aliphatic rings. The molecule has 0 unspecified atom stereocenters. The van der Waals surface area contributed by atoms with E-state index in [9.17, 15) is 14.7 Å². The summed E-state index contributed by atoms with van der Waals surface area (Å²) in [6, 6.07) is 2.94. The first-order valence-electron chi connectivity index (χ1n) is 6.58. The Bertz CT molecular complexity index is 580. The van der Waals surface area contributed by atoms with Gasteiger partial charge in [-0.25, -0.2) is 4.79 Å². The number of carbonyl (C=O) groups is 2. The molecule has 1 amide bonds. The minimum atomic E-state index is -1.00. The molecule has 1 saturated heterocycles. The van der Waals surface area contributed by atoms with E-state index in [4.69, 9.17) is 12.2 Å². The number of aliphatic carboxylic acids is 1. The first-order chi connectivity index (χ1) is 10.0. The van der Waals surface area contributed by atoms with Crippen molar-refractivity contribution in [1.82, 2.24) is 4.90 Å². The number of rotatable bonds is 6. The normalized spacial score (nSPS) is 18.5. The van der Waals surface area contributed by atoms with Gasteiger partial charge in [0.05, 0.1) is 4.91 Å². The Kier molecular flexibility index (Phi) is 5.55. The maximum atomic E-state index is 12.4. The number of carboxylic acids is 1. The van der Waals surface area contributed by atoms with Crippen molar-refractivity contribution in [3.8, 4) is 0 Å². The number of unbranched alkanes of at least 4 members (excludes halogenated alkanes) is 1. The number of hydrogen-bond donors (Lipinski definition) is 1. The lowest BCUT2D eigenvalue weighted by Crippen LogP contribution is -2.43. The lowest BCUT2D eigenvalue weighted by Gasteiger charge is -2.22. The third-order valence-electron chi connectivity index (χ3n) is 3.07. The molecular weight excluding hydrogens is 326 g/mol. The molecule has 1 fully saturated rings. The van der Waals surface area contributed by atoms with Gasteiger partial charge in [0, 0.05) is 4.88 Å². The van der Waals surface area contributed by atoms with Gasteiger partial charge in [-0.1, -0.05) is 49.8 Å². The fourth-order valence-corrected chi connectivity index (χ4v) is 4.09. The number of thiophene rings is 1. The van der Waals surface area contributed by atoms with Gasteiger partial charge >= 0.3 is 5.97 Å². The van der Waals surface area contributed by atoms with Crippen LogP contribution in [0, 0.1) is 0 Å². The summed E-state index contributed by atoms with van der Waals surface area (Å²) in [5.41, 5.74) is 0. The van der Waals surface area contributed by atoms with Crippen molar-refractivity contribution in [1.29, 1.82) is 0 Å². The summed E-state index contributed by atoms with van der Waals surface area (Å²) in [6.45, 7) is 1.99. The van der Waals surface area contributed by atoms with Crippen molar-refractivity contribution in [3.63, 3.8) is 0 Å². The van der Waals surface area contributed by atoms with Gasteiger partial charge in [0.2, 0.25) is 0 Å². The van der Waals surface area contributed by atoms with Crippen molar-refractivity contribution in [2.75, 3.05) is 0 Å². The van der Waals surface area contributed by atoms with E-state index in [1.54, 1.807) is 6.08 Å². The summed E-state index contributed by atoms with van der Waals surface area (Å²) in [5.74, 6) is -1.31. The number of hydrogen-bond acceptors (Lipinski definition) is 5. The lowest BCUT2D eigenvalue weighted by molar-refractivity contribution is -0.145. The molecule has 21 heavy (non-hydrogen) atoms. The highest BCUT2D eigenvalue weighted by molar-refractivity contribution is 8.26. The van der Waals surface area contributed by atoms with Gasteiger partial charge in [0.15, 0.2) is 0 Å². The molecule has 112 valence electrons. The largest absolute Gasteiger partial charge is 0.480 e. The maximum Gasteiger partial charge on any atom is 0.326 e. The second-order valence-electron chi connectivity index (χ2n) is 4.56. The minimum Gasteiger partial charge on any atom is -0.480 e. The molecule has 0 bridgehead atoms. The highest BCUT2D eigenvalue weighted by atomic mass is 32.2. The summed E-state index contributed by atoms with van der Waals surface area (Å²) in [4.78, 5) is 26.6. The van der Waals surface area contributed by atoms with Crippen LogP contribution in [-0.2, 0) is 9.59 Å². The molecular formula is C14H15NO3S3. The Morgan fingerprint density at radius 3 is 2.90 bits per heavy atom. The number of carbonyl (C=O) groups excluding carboxylic acids is 1. The summed E-state index contributed by atoms with van der Waals surface area (Å²) < 4.78 is 0.325. The molecule has 2 rings (SSSR count). The number of thioether (sulfide) groups is 1. The van der Waals surface area contributed by atoms with Gasteiger partial charge in [-0.2, -0.15) is 0 Å². The average Bonchev–Trinajstić information content (AvgIpc) is 3.02. The first-order valence-corrected chi connectivity index (χ1v) is 8.68. The molecule has 1 aromatic heterocycles. The molecule has 1 N–H and O–H groups in total.